The van der Waals surface area contributed by atoms with E-state index in [1.54, 1.807) is 0 Å². The van der Waals surface area contributed by atoms with Crippen LogP contribution in [-0.2, 0) is 13.1 Å². The summed E-state index contributed by atoms with van der Waals surface area (Å²) in [6.45, 7) is 13.2. The molecule has 0 aliphatic carbocycles. The Morgan fingerprint density at radius 1 is 0.968 bits per heavy atom. The molecule has 1 N–H and O–H groups in total. The van der Waals surface area contributed by atoms with Gasteiger partial charge in [0.05, 0.1) is 16.8 Å². The highest BCUT2D eigenvalue weighted by Gasteiger charge is 2.17. The van der Waals surface area contributed by atoms with Crippen LogP contribution in [0.1, 0.15) is 39.7 Å². The van der Waals surface area contributed by atoms with Crippen LogP contribution >= 0.6 is 0 Å². The van der Waals surface area contributed by atoms with Gasteiger partial charge in [-0.2, -0.15) is 0 Å². The topological polar surface area (TPSA) is 48.5 Å². The molecule has 1 saturated heterocycles. The van der Waals surface area contributed by atoms with E-state index in [9.17, 15) is 4.79 Å². The Morgan fingerprint density at radius 2 is 1.68 bits per heavy atom. The maximum atomic E-state index is 13.0. The molecule has 1 aliphatic rings. The van der Waals surface area contributed by atoms with Gasteiger partial charge in [-0.15, -0.1) is 0 Å². The molecule has 0 saturated carbocycles. The van der Waals surface area contributed by atoms with Crippen LogP contribution in [0.4, 0.5) is 0 Å². The lowest BCUT2D eigenvalue weighted by Crippen LogP contribution is -2.45. The highest BCUT2D eigenvalue weighted by atomic mass is 16.1. The third kappa shape index (κ3) is 5.12. The van der Waals surface area contributed by atoms with Crippen LogP contribution in [0.15, 0.2) is 48.5 Å². The molecule has 5 heteroatoms. The number of nitrogens with one attached hydrogen (secondary N) is 1. The fraction of sp³-hybridized carbons (Fsp3) is 0.385. The zero-order valence-corrected chi connectivity index (χ0v) is 18.8. The highest BCUT2D eigenvalue weighted by molar-refractivity contribution is 5.98. The van der Waals surface area contributed by atoms with Gasteiger partial charge in [0, 0.05) is 44.7 Å². The van der Waals surface area contributed by atoms with Crippen molar-refractivity contribution in [2.45, 2.75) is 33.9 Å². The average Bonchev–Trinajstić information content (AvgIpc) is 2.78. The van der Waals surface area contributed by atoms with E-state index < -0.39 is 0 Å². The Balaban J connectivity index is 1.44. The zero-order chi connectivity index (χ0) is 21.8. The summed E-state index contributed by atoms with van der Waals surface area (Å²) in [5.74, 6) is -0.0705. The summed E-state index contributed by atoms with van der Waals surface area (Å²) in [6.07, 6.45) is 0. The number of rotatable bonds is 6. The number of amides is 1. The quantitative estimate of drug-likeness (QED) is 0.662. The van der Waals surface area contributed by atoms with Gasteiger partial charge in [-0.3, -0.25) is 14.7 Å². The first-order valence-corrected chi connectivity index (χ1v) is 11.2. The lowest BCUT2D eigenvalue weighted by Gasteiger charge is -2.34. The van der Waals surface area contributed by atoms with E-state index in [0.29, 0.717) is 12.1 Å². The van der Waals surface area contributed by atoms with Crippen LogP contribution in [0, 0.1) is 13.8 Å². The smallest absolute Gasteiger partial charge is 0.253 e. The SMILES string of the molecule is CCN1CCN(Cc2ccccc2CNC(=O)c2cc3ccc(C)cc3nc2C)CC1. The van der Waals surface area contributed by atoms with Crippen LogP contribution in [-0.4, -0.2) is 53.4 Å². The monoisotopic (exact) mass is 416 g/mol. The number of hydrogen-bond acceptors (Lipinski definition) is 4. The Labute approximate surface area is 185 Å². The third-order valence-corrected chi connectivity index (χ3v) is 6.27. The summed E-state index contributed by atoms with van der Waals surface area (Å²) in [7, 11) is 0. The van der Waals surface area contributed by atoms with Gasteiger partial charge in [-0.1, -0.05) is 43.3 Å². The number of carbonyl (C=O) groups excluding carboxylic acids is 1. The lowest BCUT2D eigenvalue weighted by atomic mass is 10.1. The maximum Gasteiger partial charge on any atom is 0.253 e. The molecule has 2 aromatic carbocycles. The van der Waals surface area contributed by atoms with E-state index in [4.69, 9.17) is 0 Å². The molecule has 3 aromatic rings. The summed E-state index contributed by atoms with van der Waals surface area (Å²) >= 11 is 0. The van der Waals surface area contributed by atoms with Crippen LogP contribution in [0.3, 0.4) is 0 Å². The molecule has 31 heavy (non-hydrogen) atoms. The molecule has 5 nitrogen and oxygen atoms in total. The Kier molecular flexibility index (Phi) is 6.64. The molecule has 0 bridgehead atoms. The van der Waals surface area contributed by atoms with Gasteiger partial charge in [0.25, 0.3) is 5.91 Å². The largest absolute Gasteiger partial charge is 0.348 e. The van der Waals surface area contributed by atoms with Crippen LogP contribution in [0.2, 0.25) is 0 Å². The van der Waals surface area contributed by atoms with E-state index in [2.05, 4.69) is 64.3 Å². The lowest BCUT2D eigenvalue weighted by molar-refractivity contribution is 0.0949. The van der Waals surface area contributed by atoms with Crippen molar-refractivity contribution in [2.24, 2.45) is 0 Å². The number of carbonyl (C=O) groups is 1. The van der Waals surface area contributed by atoms with E-state index in [1.165, 1.54) is 16.7 Å². The number of hydrogen-bond donors (Lipinski definition) is 1. The molecule has 162 valence electrons. The first-order valence-electron chi connectivity index (χ1n) is 11.2. The molecule has 2 heterocycles. The van der Waals surface area contributed by atoms with Gasteiger partial charge in [0.2, 0.25) is 0 Å². The maximum absolute atomic E-state index is 13.0. The second kappa shape index (κ2) is 9.58. The summed E-state index contributed by atoms with van der Waals surface area (Å²) < 4.78 is 0. The van der Waals surface area contributed by atoms with E-state index in [0.717, 1.165) is 55.9 Å². The molecular weight excluding hydrogens is 384 g/mol. The minimum Gasteiger partial charge on any atom is -0.348 e. The number of nitrogens with zero attached hydrogens (tertiary/aromatic N) is 3. The Morgan fingerprint density at radius 3 is 2.42 bits per heavy atom. The fourth-order valence-corrected chi connectivity index (χ4v) is 4.26. The predicted octanol–water partition coefficient (Wildman–Crippen LogP) is 3.92. The zero-order valence-electron chi connectivity index (χ0n) is 18.8. The normalized spacial score (nSPS) is 15.3. The van der Waals surface area contributed by atoms with Crippen molar-refractivity contribution in [3.05, 3.63) is 76.5 Å². The molecule has 1 amide bonds. The summed E-state index contributed by atoms with van der Waals surface area (Å²) in [5, 5.41) is 4.11. The van der Waals surface area contributed by atoms with Crippen molar-refractivity contribution < 1.29 is 4.79 Å². The molecule has 1 aliphatic heterocycles. The third-order valence-electron chi connectivity index (χ3n) is 6.27. The minimum atomic E-state index is -0.0705. The van der Waals surface area contributed by atoms with Crippen molar-refractivity contribution in [3.63, 3.8) is 0 Å². The molecule has 0 radical (unpaired) electrons. The molecule has 0 spiro atoms. The Hall–Kier alpha value is -2.76. The number of aromatic nitrogens is 1. The van der Waals surface area contributed by atoms with Gasteiger partial charge in [-0.05, 0) is 49.2 Å². The van der Waals surface area contributed by atoms with E-state index in [-0.39, 0.29) is 5.91 Å². The molecular formula is C26H32N4O. The Bertz CT molecular complexity index is 1070. The second-order valence-corrected chi connectivity index (χ2v) is 8.48. The standard InChI is InChI=1S/C26H32N4O/c1-4-29-11-13-30(14-12-29)18-23-8-6-5-7-22(23)17-27-26(31)24-16-21-10-9-19(2)15-25(21)28-20(24)3/h5-10,15-16H,4,11-14,17-18H2,1-3H3,(H,27,31). The average molecular weight is 417 g/mol. The van der Waals surface area contributed by atoms with Gasteiger partial charge in [-0.25, -0.2) is 0 Å². The van der Waals surface area contributed by atoms with Crippen molar-refractivity contribution in [2.75, 3.05) is 32.7 Å². The predicted molar refractivity (Wildman–Crippen MR) is 126 cm³/mol. The minimum absolute atomic E-state index is 0.0705. The van der Waals surface area contributed by atoms with Crippen molar-refractivity contribution in [1.29, 1.82) is 0 Å². The van der Waals surface area contributed by atoms with Crippen molar-refractivity contribution in [3.8, 4) is 0 Å². The first-order chi connectivity index (χ1) is 15.0. The molecule has 0 atom stereocenters. The van der Waals surface area contributed by atoms with E-state index in [1.807, 2.05) is 25.1 Å². The van der Waals surface area contributed by atoms with E-state index >= 15 is 0 Å². The van der Waals surface area contributed by atoms with Crippen LogP contribution in [0.5, 0.6) is 0 Å². The van der Waals surface area contributed by atoms with Gasteiger partial charge in [0.1, 0.15) is 0 Å². The highest BCUT2D eigenvalue weighted by Crippen LogP contribution is 2.19. The second-order valence-electron chi connectivity index (χ2n) is 8.48. The van der Waals surface area contributed by atoms with Gasteiger partial charge < -0.3 is 10.2 Å². The fourth-order valence-electron chi connectivity index (χ4n) is 4.26. The molecule has 0 unspecified atom stereocenters. The summed E-state index contributed by atoms with van der Waals surface area (Å²) in [5.41, 5.74) is 5.97. The molecule has 4 rings (SSSR count). The number of piperazine rings is 1. The first kappa shape index (κ1) is 21.5. The van der Waals surface area contributed by atoms with Gasteiger partial charge in [0.15, 0.2) is 0 Å². The molecule has 1 fully saturated rings. The summed E-state index contributed by atoms with van der Waals surface area (Å²) in [4.78, 5) is 22.6. The van der Waals surface area contributed by atoms with Crippen molar-refractivity contribution in [1.82, 2.24) is 20.1 Å². The number of pyridine rings is 1. The summed E-state index contributed by atoms with van der Waals surface area (Å²) in [6, 6.07) is 16.5. The number of likely N-dealkylation sites (N-methyl/N-ethyl adjacent to an activating group) is 1. The number of benzene rings is 2. The van der Waals surface area contributed by atoms with Gasteiger partial charge >= 0.3 is 0 Å². The number of aryl methyl sites for hydroxylation is 2. The van der Waals surface area contributed by atoms with Crippen LogP contribution < -0.4 is 5.32 Å². The van der Waals surface area contributed by atoms with Crippen molar-refractivity contribution >= 4 is 16.8 Å². The number of fused-ring (bicyclic) bond motifs is 1. The molecule has 1 aromatic heterocycles. The van der Waals surface area contributed by atoms with Crippen LogP contribution in [0.25, 0.3) is 10.9 Å².